The van der Waals surface area contributed by atoms with E-state index in [0.29, 0.717) is 12.1 Å². The van der Waals surface area contributed by atoms with Crippen LogP contribution in [0, 0.1) is 19.8 Å². The molecule has 5 heteroatoms. The van der Waals surface area contributed by atoms with Gasteiger partial charge in [-0.3, -0.25) is 14.4 Å². The van der Waals surface area contributed by atoms with E-state index in [1.807, 2.05) is 20.9 Å². The van der Waals surface area contributed by atoms with E-state index in [2.05, 4.69) is 46.5 Å². The van der Waals surface area contributed by atoms with Gasteiger partial charge in [-0.05, 0) is 56.8 Å². The fourth-order valence-corrected chi connectivity index (χ4v) is 3.61. The van der Waals surface area contributed by atoms with Crippen LogP contribution in [0.5, 0.6) is 0 Å². The molecule has 1 N–H and O–H groups in total. The third-order valence-electron chi connectivity index (χ3n) is 5.49. The zero-order chi connectivity index (χ0) is 18.7. The largest absolute Gasteiger partial charge is 0.348 e. The fourth-order valence-electron chi connectivity index (χ4n) is 3.61. The lowest BCUT2D eigenvalue weighted by molar-refractivity contribution is 0.0949. The predicted octanol–water partition coefficient (Wildman–Crippen LogP) is 3.20. The summed E-state index contributed by atoms with van der Waals surface area (Å²) in [6.45, 7) is 10.1. The number of nitrogens with zero attached hydrogens (tertiary/aromatic N) is 3. The molecule has 1 aromatic heterocycles. The summed E-state index contributed by atoms with van der Waals surface area (Å²) in [6.07, 6.45) is 2.61. The van der Waals surface area contributed by atoms with Crippen molar-refractivity contribution in [2.24, 2.45) is 13.0 Å². The molecule has 2 aromatic rings. The molecule has 0 radical (unpaired) electrons. The van der Waals surface area contributed by atoms with E-state index >= 15 is 0 Å². The van der Waals surface area contributed by atoms with Crippen molar-refractivity contribution in [2.45, 2.75) is 46.7 Å². The Labute approximate surface area is 156 Å². The maximum Gasteiger partial charge on any atom is 0.255 e. The van der Waals surface area contributed by atoms with E-state index in [1.165, 1.54) is 31.5 Å². The number of benzene rings is 1. The second-order valence-corrected chi connectivity index (χ2v) is 7.63. The third-order valence-corrected chi connectivity index (χ3v) is 5.49. The summed E-state index contributed by atoms with van der Waals surface area (Å²) in [5.41, 5.74) is 4.81. The van der Waals surface area contributed by atoms with E-state index in [0.717, 1.165) is 29.4 Å². The Hall–Kier alpha value is -2.14. The number of amides is 1. The van der Waals surface area contributed by atoms with Crippen LogP contribution in [0.15, 0.2) is 24.3 Å². The van der Waals surface area contributed by atoms with Crippen molar-refractivity contribution >= 4 is 5.91 Å². The number of hydrogen-bond acceptors (Lipinski definition) is 3. The lowest BCUT2D eigenvalue weighted by Gasteiger charge is -2.30. The van der Waals surface area contributed by atoms with Crippen molar-refractivity contribution in [1.82, 2.24) is 20.0 Å². The van der Waals surface area contributed by atoms with Crippen LogP contribution >= 0.6 is 0 Å². The number of carbonyl (C=O) groups is 1. The second kappa shape index (κ2) is 8.04. The minimum absolute atomic E-state index is 0.0559. The third kappa shape index (κ3) is 4.33. The summed E-state index contributed by atoms with van der Waals surface area (Å²) in [5, 5.41) is 7.32. The molecule has 140 valence electrons. The zero-order valence-electron chi connectivity index (χ0n) is 16.4. The van der Waals surface area contributed by atoms with E-state index in [1.54, 1.807) is 4.68 Å². The summed E-state index contributed by atoms with van der Waals surface area (Å²) >= 11 is 0. The minimum Gasteiger partial charge on any atom is -0.348 e. The van der Waals surface area contributed by atoms with Crippen molar-refractivity contribution in [3.63, 3.8) is 0 Å². The number of aromatic nitrogens is 2. The van der Waals surface area contributed by atoms with Crippen LogP contribution in [0.3, 0.4) is 0 Å². The number of nitrogens with one attached hydrogen (secondary N) is 1. The minimum atomic E-state index is -0.0559. The maximum absolute atomic E-state index is 12.5. The molecule has 3 rings (SSSR count). The standard InChI is InChI=1S/C21H30N4O/c1-15-9-11-25(12-10-15)14-19-7-5-18(6-8-19)13-22-21(26)20-16(2)23-24(4)17(20)3/h5-8,15H,9-14H2,1-4H3,(H,22,26). The summed E-state index contributed by atoms with van der Waals surface area (Å²) in [7, 11) is 1.86. The quantitative estimate of drug-likeness (QED) is 0.897. The molecule has 0 aliphatic carbocycles. The predicted molar refractivity (Wildman–Crippen MR) is 104 cm³/mol. The Balaban J connectivity index is 1.53. The SMILES string of the molecule is Cc1nn(C)c(C)c1C(=O)NCc1ccc(CN2CCC(C)CC2)cc1. The van der Waals surface area contributed by atoms with Gasteiger partial charge in [0.2, 0.25) is 0 Å². The number of aryl methyl sites for hydroxylation is 2. The van der Waals surface area contributed by atoms with E-state index < -0.39 is 0 Å². The van der Waals surface area contributed by atoms with Gasteiger partial charge in [0.1, 0.15) is 0 Å². The molecule has 0 unspecified atom stereocenters. The van der Waals surface area contributed by atoms with Gasteiger partial charge in [-0.15, -0.1) is 0 Å². The highest BCUT2D eigenvalue weighted by molar-refractivity contribution is 5.96. The molecule has 0 spiro atoms. The van der Waals surface area contributed by atoms with Crippen molar-refractivity contribution in [2.75, 3.05) is 13.1 Å². The Morgan fingerprint density at radius 1 is 1.15 bits per heavy atom. The average Bonchev–Trinajstić information content (AvgIpc) is 2.88. The molecule has 1 aliphatic rings. The molecule has 1 saturated heterocycles. The second-order valence-electron chi connectivity index (χ2n) is 7.63. The normalized spacial score (nSPS) is 16.0. The first-order chi connectivity index (χ1) is 12.4. The lowest BCUT2D eigenvalue weighted by atomic mass is 9.99. The van der Waals surface area contributed by atoms with Crippen LogP contribution in [0.25, 0.3) is 0 Å². The molecule has 1 aliphatic heterocycles. The Morgan fingerprint density at radius 3 is 2.35 bits per heavy atom. The van der Waals surface area contributed by atoms with Gasteiger partial charge in [-0.1, -0.05) is 31.2 Å². The van der Waals surface area contributed by atoms with Gasteiger partial charge in [-0.25, -0.2) is 0 Å². The van der Waals surface area contributed by atoms with E-state index in [9.17, 15) is 4.79 Å². The Bertz CT molecular complexity index is 755. The van der Waals surface area contributed by atoms with Gasteiger partial charge < -0.3 is 5.32 Å². The number of likely N-dealkylation sites (tertiary alicyclic amines) is 1. The van der Waals surface area contributed by atoms with Gasteiger partial charge in [0.15, 0.2) is 0 Å². The van der Waals surface area contributed by atoms with Crippen molar-refractivity contribution in [1.29, 1.82) is 0 Å². The smallest absolute Gasteiger partial charge is 0.255 e. The molecular weight excluding hydrogens is 324 g/mol. The zero-order valence-corrected chi connectivity index (χ0v) is 16.4. The van der Waals surface area contributed by atoms with Crippen LogP contribution in [-0.4, -0.2) is 33.7 Å². The van der Waals surface area contributed by atoms with Crippen LogP contribution in [0.1, 0.15) is 52.6 Å². The highest BCUT2D eigenvalue weighted by Crippen LogP contribution is 2.18. The molecule has 5 nitrogen and oxygen atoms in total. The van der Waals surface area contributed by atoms with E-state index in [-0.39, 0.29) is 5.91 Å². The van der Waals surface area contributed by atoms with Crippen molar-refractivity contribution in [3.05, 3.63) is 52.3 Å². The van der Waals surface area contributed by atoms with Crippen molar-refractivity contribution in [3.8, 4) is 0 Å². The molecule has 0 saturated carbocycles. The molecule has 1 amide bonds. The summed E-state index contributed by atoms with van der Waals surface area (Å²) in [6, 6.07) is 8.59. The average molecular weight is 354 g/mol. The van der Waals surface area contributed by atoms with Gasteiger partial charge in [0, 0.05) is 25.8 Å². The molecule has 2 heterocycles. The Morgan fingerprint density at radius 2 is 1.77 bits per heavy atom. The van der Waals surface area contributed by atoms with Crippen LogP contribution in [0.4, 0.5) is 0 Å². The molecule has 1 fully saturated rings. The fraction of sp³-hybridized carbons (Fsp3) is 0.524. The lowest BCUT2D eigenvalue weighted by Crippen LogP contribution is -2.32. The monoisotopic (exact) mass is 354 g/mol. The molecule has 0 atom stereocenters. The van der Waals surface area contributed by atoms with Gasteiger partial charge in [-0.2, -0.15) is 5.10 Å². The first-order valence-corrected chi connectivity index (χ1v) is 9.52. The first kappa shape index (κ1) is 18.6. The van der Waals surface area contributed by atoms with Gasteiger partial charge in [0.05, 0.1) is 11.3 Å². The van der Waals surface area contributed by atoms with E-state index in [4.69, 9.17) is 0 Å². The molecular formula is C21H30N4O. The topological polar surface area (TPSA) is 50.2 Å². The first-order valence-electron chi connectivity index (χ1n) is 9.52. The van der Waals surface area contributed by atoms with Crippen LogP contribution in [-0.2, 0) is 20.1 Å². The van der Waals surface area contributed by atoms with Crippen molar-refractivity contribution < 1.29 is 4.79 Å². The summed E-state index contributed by atoms with van der Waals surface area (Å²) in [5.74, 6) is 0.809. The van der Waals surface area contributed by atoms with Gasteiger partial charge >= 0.3 is 0 Å². The Kier molecular flexibility index (Phi) is 5.77. The highest BCUT2D eigenvalue weighted by atomic mass is 16.1. The molecule has 1 aromatic carbocycles. The maximum atomic E-state index is 12.5. The number of rotatable bonds is 5. The van der Waals surface area contributed by atoms with Crippen LogP contribution in [0.2, 0.25) is 0 Å². The number of piperidine rings is 1. The number of hydrogen-bond donors (Lipinski definition) is 1. The highest BCUT2D eigenvalue weighted by Gasteiger charge is 2.17. The number of carbonyl (C=O) groups excluding carboxylic acids is 1. The molecule has 0 bridgehead atoms. The summed E-state index contributed by atoms with van der Waals surface area (Å²) in [4.78, 5) is 15.0. The van der Waals surface area contributed by atoms with Crippen LogP contribution < -0.4 is 5.32 Å². The summed E-state index contributed by atoms with van der Waals surface area (Å²) < 4.78 is 1.75. The molecule has 26 heavy (non-hydrogen) atoms. The van der Waals surface area contributed by atoms with Gasteiger partial charge in [0.25, 0.3) is 5.91 Å².